The number of Topliss-reactive ketones (excluding diaryl/α,β-unsaturated/α-hetero) is 1. The Labute approximate surface area is 123 Å². The third-order valence-corrected chi connectivity index (χ3v) is 3.98. The Hall–Kier alpha value is -0.450. The third-order valence-electron chi connectivity index (χ3n) is 3.98. The van der Waals surface area contributed by atoms with Crippen LogP contribution in [0.15, 0.2) is 0 Å². The van der Waals surface area contributed by atoms with Crippen LogP contribution in [0.25, 0.3) is 0 Å². The SMILES string of the molecule is CCCC1CCC(=O)C(CCOCCOCCOC)C1. The van der Waals surface area contributed by atoms with Crippen LogP contribution in [0, 0.1) is 11.8 Å². The summed E-state index contributed by atoms with van der Waals surface area (Å²) in [6.45, 7) is 5.32. The lowest BCUT2D eigenvalue weighted by molar-refractivity contribution is -0.126. The number of hydrogen-bond donors (Lipinski definition) is 0. The van der Waals surface area contributed by atoms with Crippen molar-refractivity contribution in [3.63, 3.8) is 0 Å². The second-order valence-electron chi connectivity index (χ2n) is 5.60. The Kier molecular flexibility index (Phi) is 9.89. The average Bonchev–Trinajstić information content (AvgIpc) is 2.45. The van der Waals surface area contributed by atoms with Crippen molar-refractivity contribution in [2.75, 3.05) is 40.1 Å². The first-order chi connectivity index (χ1) is 9.77. The van der Waals surface area contributed by atoms with Gasteiger partial charge in [0, 0.05) is 26.1 Å². The van der Waals surface area contributed by atoms with Gasteiger partial charge in [0.1, 0.15) is 5.78 Å². The summed E-state index contributed by atoms with van der Waals surface area (Å²) in [6, 6.07) is 0. The van der Waals surface area contributed by atoms with E-state index in [1.54, 1.807) is 7.11 Å². The molecule has 0 aliphatic heterocycles. The van der Waals surface area contributed by atoms with E-state index in [1.165, 1.54) is 12.8 Å². The monoisotopic (exact) mass is 286 g/mol. The van der Waals surface area contributed by atoms with E-state index in [9.17, 15) is 4.79 Å². The number of methoxy groups -OCH3 is 1. The van der Waals surface area contributed by atoms with Gasteiger partial charge in [-0.05, 0) is 25.2 Å². The van der Waals surface area contributed by atoms with Gasteiger partial charge in [-0.25, -0.2) is 0 Å². The summed E-state index contributed by atoms with van der Waals surface area (Å²) in [5.74, 6) is 1.42. The van der Waals surface area contributed by atoms with Crippen LogP contribution in [0.1, 0.15) is 45.4 Å². The van der Waals surface area contributed by atoms with Crippen LogP contribution in [0.2, 0.25) is 0 Å². The van der Waals surface area contributed by atoms with E-state index in [1.807, 2.05) is 0 Å². The molecule has 4 heteroatoms. The van der Waals surface area contributed by atoms with Crippen molar-refractivity contribution in [1.29, 1.82) is 0 Å². The number of carbonyl (C=O) groups is 1. The van der Waals surface area contributed by atoms with Crippen LogP contribution in [-0.2, 0) is 19.0 Å². The van der Waals surface area contributed by atoms with Crippen LogP contribution in [0.3, 0.4) is 0 Å². The predicted octanol–water partition coefficient (Wildman–Crippen LogP) is 2.84. The number of ether oxygens (including phenoxy) is 3. The van der Waals surface area contributed by atoms with Crippen LogP contribution in [0.5, 0.6) is 0 Å². The highest BCUT2D eigenvalue weighted by Gasteiger charge is 2.27. The minimum Gasteiger partial charge on any atom is -0.382 e. The van der Waals surface area contributed by atoms with Gasteiger partial charge in [0.15, 0.2) is 0 Å². The van der Waals surface area contributed by atoms with Crippen molar-refractivity contribution in [1.82, 2.24) is 0 Å². The summed E-state index contributed by atoms with van der Waals surface area (Å²) < 4.78 is 15.7. The van der Waals surface area contributed by atoms with E-state index in [0.29, 0.717) is 38.8 Å². The molecule has 0 aromatic rings. The zero-order valence-corrected chi connectivity index (χ0v) is 13.1. The zero-order chi connectivity index (χ0) is 14.6. The fourth-order valence-electron chi connectivity index (χ4n) is 2.84. The topological polar surface area (TPSA) is 44.8 Å². The molecule has 1 saturated carbocycles. The molecule has 118 valence electrons. The smallest absolute Gasteiger partial charge is 0.136 e. The Morgan fingerprint density at radius 1 is 1.05 bits per heavy atom. The van der Waals surface area contributed by atoms with Gasteiger partial charge in [-0.1, -0.05) is 19.8 Å². The van der Waals surface area contributed by atoms with E-state index >= 15 is 0 Å². The lowest BCUT2D eigenvalue weighted by Gasteiger charge is -2.27. The van der Waals surface area contributed by atoms with Crippen molar-refractivity contribution in [3.05, 3.63) is 0 Å². The van der Waals surface area contributed by atoms with Crippen LogP contribution in [0.4, 0.5) is 0 Å². The highest BCUT2D eigenvalue weighted by atomic mass is 16.5. The Balaban J connectivity index is 2.03. The maximum Gasteiger partial charge on any atom is 0.136 e. The molecule has 0 amide bonds. The number of hydrogen-bond acceptors (Lipinski definition) is 4. The molecule has 0 bridgehead atoms. The van der Waals surface area contributed by atoms with E-state index in [4.69, 9.17) is 14.2 Å². The molecule has 0 aromatic heterocycles. The number of ketones is 1. The molecule has 2 unspecified atom stereocenters. The third kappa shape index (κ3) is 7.36. The normalized spacial score (nSPS) is 23.2. The van der Waals surface area contributed by atoms with Crippen LogP contribution >= 0.6 is 0 Å². The molecule has 0 heterocycles. The molecule has 1 aliphatic rings. The van der Waals surface area contributed by atoms with Gasteiger partial charge in [-0.2, -0.15) is 0 Å². The molecule has 0 radical (unpaired) electrons. The highest BCUT2D eigenvalue weighted by molar-refractivity contribution is 5.81. The first-order valence-corrected chi connectivity index (χ1v) is 7.95. The van der Waals surface area contributed by atoms with Gasteiger partial charge < -0.3 is 14.2 Å². The van der Waals surface area contributed by atoms with Gasteiger partial charge in [-0.3, -0.25) is 4.79 Å². The fraction of sp³-hybridized carbons (Fsp3) is 0.938. The Morgan fingerprint density at radius 3 is 2.45 bits per heavy atom. The number of rotatable bonds is 11. The lowest BCUT2D eigenvalue weighted by atomic mass is 9.77. The zero-order valence-electron chi connectivity index (χ0n) is 13.1. The largest absolute Gasteiger partial charge is 0.382 e. The van der Waals surface area contributed by atoms with Gasteiger partial charge in [0.25, 0.3) is 0 Å². The maximum atomic E-state index is 11.9. The van der Waals surface area contributed by atoms with E-state index in [-0.39, 0.29) is 5.92 Å². The summed E-state index contributed by atoms with van der Waals surface area (Å²) in [5.41, 5.74) is 0. The summed E-state index contributed by atoms with van der Waals surface area (Å²) in [4.78, 5) is 11.9. The average molecular weight is 286 g/mol. The second kappa shape index (κ2) is 11.2. The van der Waals surface area contributed by atoms with Gasteiger partial charge in [-0.15, -0.1) is 0 Å². The summed E-state index contributed by atoms with van der Waals surface area (Å²) >= 11 is 0. The number of carbonyl (C=O) groups excluding carboxylic acids is 1. The second-order valence-corrected chi connectivity index (χ2v) is 5.60. The standard InChI is InChI=1S/C16H30O4/c1-3-4-14-5-6-16(17)15(13-14)7-8-19-11-12-20-10-9-18-2/h14-15H,3-13H2,1-2H3. The minimum atomic E-state index is 0.231. The fourth-order valence-corrected chi connectivity index (χ4v) is 2.84. The molecule has 0 saturated heterocycles. The first kappa shape index (κ1) is 17.6. The van der Waals surface area contributed by atoms with E-state index in [0.717, 1.165) is 31.6 Å². The predicted molar refractivity (Wildman–Crippen MR) is 78.9 cm³/mol. The molecule has 2 atom stereocenters. The maximum absolute atomic E-state index is 11.9. The molecule has 0 N–H and O–H groups in total. The summed E-state index contributed by atoms with van der Waals surface area (Å²) in [6.07, 6.45) is 6.29. The first-order valence-electron chi connectivity index (χ1n) is 7.95. The van der Waals surface area contributed by atoms with E-state index < -0.39 is 0 Å². The Bertz CT molecular complexity index is 255. The van der Waals surface area contributed by atoms with Crippen molar-refractivity contribution < 1.29 is 19.0 Å². The van der Waals surface area contributed by atoms with Crippen LogP contribution < -0.4 is 0 Å². The molecular formula is C16H30O4. The molecule has 0 spiro atoms. The quantitative estimate of drug-likeness (QED) is 0.548. The van der Waals surface area contributed by atoms with Crippen molar-refractivity contribution in [2.45, 2.75) is 45.4 Å². The summed E-state index contributed by atoms with van der Waals surface area (Å²) in [7, 11) is 1.66. The summed E-state index contributed by atoms with van der Waals surface area (Å²) in [5, 5.41) is 0. The molecule has 1 rings (SSSR count). The Morgan fingerprint density at radius 2 is 1.75 bits per heavy atom. The molecule has 1 fully saturated rings. The van der Waals surface area contributed by atoms with Gasteiger partial charge in [0.05, 0.1) is 26.4 Å². The van der Waals surface area contributed by atoms with Gasteiger partial charge in [0.2, 0.25) is 0 Å². The molecule has 0 aromatic carbocycles. The van der Waals surface area contributed by atoms with Crippen molar-refractivity contribution >= 4 is 5.78 Å². The van der Waals surface area contributed by atoms with Gasteiger partial charge >= 0.3 is 0 Å². The van der Waals surface area contributed by atoms with E-state index in [2.05, 4.69) is 6.92 Å². The van der Waals surface area contributed by atoms with Crippen molar-refractivity contribution in [3.8, 4) is 0 Å². The molecule has 4 nitrogen and oxygen atoms in total. The van der Waals surface area contributed by atoms with Crippen molar-refractivity contribution in [2.24, 2.45) is 11.8 Å². The molecular weight excluding hydrogens is 256 g/mol. The lowest BCUT2D eigenvalue weighted by Crippen LogP contribution is -2.26. The van der Waals surface area contributed by atoms with Crippen LogP contribution in [-0.4, -0.2) is 45.9 Å². The highest BCUT2D eigenvalue weighted by Crippen LogP contribution is 2.31. The minimum absolute atomic E-state index is 0.231. The molecule has 1 aliphatic carbocycles. The molecule has 20 heavy (non-hydrogen) atoms.